The fraction of sp³-hybridized carbons (Fsp3) is 0.155. The van der Waals surface area contributed by atoms with Gasteiger partial charge >= 0.3 is 0 Å². The van der Waals surface area contributed by atoms with Crippen molar-refractivity contribution >= 4 is 331 Å². The number of hydrogen-bond acceptors (Lipinski definition) is 0. The lowest BCUT2D eigenvalue weighted by atomic mass is 8.66. The first-order chi connectivity index (χ1) is 49.3. The molecule has 7 rings (SSSR count). The van der Waals surface area contributed by atoms with Crippen molar-refractivity contribution in [3.8, 4) is 154 Å². The second kappa shape index (κ2) is 35.6. The summed E-state index contributed by atoms with van der Waals surface area (Å²) < 4.78 is 0. The molecule has 0 unspecified atom stereocenters. The molecule has 0 aromatic heterocycles. The van der Waals surface area contributed by atoms with Crippen LogP contribution < -0.4 is 38.2 Å². The molecule has 0 saturated heterocycles. The third-order valence-corrected chi connectivity index (χ3v) is 23.9. The van der Waals surface area contributed by atoms with Gasteiger partial charge in [-0.25, -0.2) is 0 Å². The van der Waals surface area contributed by atoms with Crippen molar-refractivity contribution in [1.29, 1.82) is 0 Å². The molecule has 0 amide bonds. The molecule has 0 N–H and O–H groups in total. The van der Waals surface area contributed by atoms with Gasteiger partial charge in [-0.05, 0) is 252 Å². The largest absolute Gasteiger partial charge is 0.139 e. The van der Waals surface area contributed by atoms with E-state index >= 15 is 0 Å². The number of rotatable bonds is 19. The Hall–Kier alpha value is -7.64. The highest BCUT2D eigenvalue weighted by Crippen LogP contribution is 2.52. The first-order valence-electron chi connectivity index (χ1n) is 38.3. The van der Waals surface area contributed by atoms with Crippen molar-refractivity contribution in [2.24, 2.45) is 0 Å². The van der Waals surface area contributed by atoms with Crippen molar-refractivity contribution in [2.45, 2.75) is 76.2 Å². The second-order valence-corrected chi connectivity index (χ2v) is 31.1. The standard InChI is InChI=1S/C71H81B33/c1-17-23-26-27-28-29-30-32-36-51-55-44(14)47(21-5)49(33-20-4)50(35-25-19-3)61(55)52(37(7)34-31-24-18-2)48(22-6)60(51)56-42(12)38(8)40(10)53-46(16)59-54(45(15)58(53)56)41(11)39(9)43(13)57(59)63-66(90-73)65(72)62-64(67(63)94(77)91-74)68(95(78)99(79)80)70(96(92-75)100(81)82)71(97(101(83)84)102(85)86)69(62)98(103(87)88)104(89)93-76/h1,3,5,22,90-93H,6-7,72-89H2,2,4,8-16H3. The zero-order valence-corrected chi connectivity index (χ0v) is 68.9. The quantitative estimate of drug-likeness (QED) is 0.0430. The van der Waals surface area contributed by atoms with E-state index in [1.165, 1.54) is 82.6 Å². The monoisotopic (exact) mass is 1300 g/mol. The average Bonchev–Trinajstić information content (AvgIpc) is 0.691. The van der Waals surface area contributed by atoms with E-state index in [9.17, 15) is 0 Å². The maximum absolute atomic E-state index is 6.67. The number of hydrogen-bond donors (Lipinski definition) is 0. The third-order valence-electron chi connectivity index (χ3n) is 23.9. The van der Waals surface area contributed by atoms with Crippen molar-refractivity contribution in [3.63, 3.8) is 0 Å². The highest BCUT2D eigenvalue weighted by atomic mass is 14.3. The molecule has 0 aliphatic rings. The maximum Gasteiger partial charge on any atom is 0.139 e. The normalized spacial score (nSPS) is 9.81. The van der Waals surface area contributed by atoms with E-state index in [1.54, 1.807) is 46.5 Å². The Morgan fingerprint density at radius 1 is 0.413 bits per heavy atom. The van der Waals surface area contributed by atoms with Gasteiger partial charge in [-0.2, -0.15) is 0 Å². The Labute approximate surface area is 653 Å². The van der Waals surface area contributed by atoms with Crippen molar-refractivity contribution < 1.29 is 0 Å². The van der Waals surface area contributed by atoms with Crippen molar-refractivity contribution in [2.75, 3.05) is 0 Å². The van der Waals surface area contributed by atoms with Gasteiger partial charge in [0.05, 0.1) is 189 Å². The van der Waals surface area contributed by atoms with Crippen molar-refractivity contribution in [1.82, 2.24) is 0 Å². The van der Waals surface area contributed by atoms with Crippen LogP contribution in [0.4, 0.5) is 0 Å². The number of benzene rings is 7. The molecule has 0 heterocycles. The average molecular weight is 1290 g/mol. The highest BCUT2D eigenvalue weighted by molar-refractivity contribution is 7.89. The van der Waals surface area contributed by atoms with Gasteiger partial charge in [0.2, 0.25) is 0 Å². The molecule has 104 heavy (non-hydrogen) atoms. The van der Waals surface area contributed by atoms with E-state index in [0.29, 0.717) is 96.6 Å². The first kappa shape index (κ1) is 83.6. The van der Waals surface area contributed by atoms with Gasteiger partial charge in [0.25, 0.3) is 0 Å². The van der Waals surface area contributed by atoms with E-state index in [-0.39, 0.29) is 13.0 Å². The van der Waals surface area contributed by atoms with E-state index in [2.05, 4.69) is 307 Å². The maximum atomic E-state index is 6.67. The Bertz CT molecular complexity index is 5500. The Morgan fingerprint density at radius 2 is 0.942 bits per heavy atom. The van der Waals surface area contributed by atoms with Crippen LogP contribution >= 0.6 is 0 Å². The molecule has 0 bridgehead atoms. The van der Waals surface area contributed by atoms with Crippen LogP contribution in [0.25, 0.3) is 77.0 Å². The Balaban J connectivity index is 2.01. The zero-order valence-electron chi connectivity index (χ0n) is 68.9. The van der Waals surface area contributed by atoms with Crippen LogP contribution in [-0.2, 0) is 0 Å². The Kier molecular flexibility index (Phi) is 28.7. The molecule has 0 aliphatic heterocycles. The van der Waals surface area contributed by atoms with Crippen LogP contribution in [0.2, 0.25) is 0 Å². The summed E-state index contributed by atoms with van der Waals surface area (Å²) in [6, 6.07) is 0. The van der Waals surface area contributed by atoms with E-state index in [1.807, 2.05) is 13.0 Å². The lowest BCUT2D eigenvalue weighted by molar-refractivity contribution is 1.27. The van der Waals surface area contributed by atoms with Gasteiger partial charge in [-0.1, -0.05) is 82.1 Å². The molecule has 0 spiro atoms. The molecule has 33 heteroatoms. The fourth-order valence-electron chi connectivity index (χ4n) is 18.3. The summed E-state index contributed by atoms with van der Waals surface area (Å²) in [7, 11) is 49.3. The lowest BCUT2D eigenvalue weighted by Gasteiger charge is -2.42. The van der Waals surface area contributed by atoms with E-state index in [0.717, 1.165) is 66.9 Å². The van der Waals surface area contributed by atoms with Crippen molar-refractivity contribution in [3.05, 3.63) is 96.6 Å². The van der Waals surface area contributed by atoms with Gasteiger partial charge in [0.1, 0.15) is 15.0 Å². The highest BCUT2D eigenvalue weighted by Gasteiger charge is 2.44. The van der Waals surface area contributed by atoms with E-state index < -0.39 is 0 Å². The zero-order chi connectivity index (χ0) is 77.5. The van der Waals surface area contributed by atoms with Crippen LogP contribution in [0.5, 0.6) is 0 Å². The Morgan fingerprint density at radius 3 is 1.39 bits per heavy atom. The lowest BCUT2D eigenvalue weighted by Crippen LogP contribution is -2.80. The molecule has 0 atom stereocenters. The first-order valence-corrected chi connectivity index (χ1v) is 38.3. The molecule has 464 valence electrons. The van der Waals surface area contributed by atoms with Crippen LogP contribution in [0.1, 0.15) is 97.3 Å². The van der Waals surface area contributed by atoms with Gasteiger partial charge in [-0.15, -0.1) is 36.1 Å². The molecule has 7 aromatic carbocycles. The van der Waals surface area contributed by atoms with E-state index in [4.69, 9.17) is 32.4 Å². The van der Waals surface area contributed by atoms with Crippen LogP contribution in [0.15, 0.2) is 13.2 Å². The summed E-state index contributed by atoms with van der Waals surface area (Å²) in [5, 5.41) is 9.48. The minimum absolute atomic E-state index is 0.207. The molecule has 0 saturated carbocycles. The number of fused-ring (bicyclic) bond motifs is 4. The summed E-state index contributed by atoms with van der Waals surface area (Å²) in [6.45, 7) is 35.5. The van der Waals surface area contributed by atoms with Crippen LogP contribution in [-0.4, -0.2) is 239 Å². The molecular formula is C71H81B33. The topological polar surface area (TPSA) is 0 Å². The minimum atomic E-state index is 0.207. The number of allylic oxidation sites excluding steroid dienone is 1. The SMILES string of the molecule is BBB(B)B(B(B)B)c1c(B(B(B)B)B(B)B)c(B(BB)B(B)B)c(B(B)B(B)B)c2c(B(B)BB)c(-c3c(C)c(C)c(C)c4c(C)c5c(-c6c(C=C)c(C(=C)C#CC#CC)c7c(C#CC#C)c(C#CC)c(C#C)c(C)c7c6C#CC#CC#CC#CC#C)c(C)c(C)c(C)c5c(C)c34)c(BB)c(B)c12. The molecule has 0 nitrogen and oxygen atoms in total. The number of terminal acetylenes is 3. The molecule has 0 fully saturated rings. The predicted molar refractivity (Wildman–Crippen MR) is 549 cm³/mol. The van der Waals surface area contributed by atoms with Gasteiger partial charge < -0.3 is 0 Å². The second-order valence-electron chi connectivity index (χ2n) is 31.1. The summed E-state index contributed by atoms with van der Waals surface area (Å²) in [5.74, 6) is 56.9. The summed E-state index contributed by atoms with van der Waals surface area (Å²) in [6.07, 6.45) is 22.6. The van der Waals surface area contributed by atoms with Gasteiger partial charge in [0.15, 0.2) is 0 Å². The summed E-state index contributed by atoms with van der Waals surface area (Å²) in [5.41, 5.74) is 30.7. The fourth-order valence-corrected chi connectivity index (χ4v) is 18.3. The molecule has 0 aliphatic carbocycles. The minimum Gasteiger partial charge on any atom is -0.115 e. The third kappa shape index (κ3) is 15.0. The molecule has 7 aromatic rings. The predicted octanol–water partition coefficient (Wildman–Crippen LogP) is -14.6. The van der Waals surface area contributed by atoms with Gasteiger partial charge in [0, 0.05) is 84.0 Å². The summed E-state index contributed by atoms with van der Waals surface area (Å²) in [4.78, 5) is 0. The number of aryl methyl sites for hydroxylation is 5. The van der Waals surface area contributed by atoms with Gasteiger partial charge in [-0.3, -0.25) is 0 Å². The summed E-state index contributed by atoms with van der Waals surface area (Å²) >= 11 is 0. The smallest absolute Gasteiger partial charge is 0.115 e. The van der Waals surface area contributed by atoms with Crippen LogP contribution in [0, 0.1) is 194 Å². The molecule has 0 radical (unpaired) electrons. The van der Waals surface area contributed by atoms with Crippen LogP contribution in [0.3, 0.4) is 0 Å². The molecular weight excluding hydrogens is 1210 g/mol.